The van der Waals surface area contributed by atoms with Gasteiger partial charge in [0.05, 0.1) is 7.11 Å². The Labute approximate surface area is 197 Å². The van der Waals surface area contributed by atoms with Crippen LogP contribution in [-0.4, -0.2) is 55.5 Å². The van der Waals surface area contributed by atoms with E-state index in [9.17, 15) is 4.79 Å². The van der Waals surface area contributed by atoms with E-state index < -0.39 is 0 Å². The molecule has 1 N–H and O–H groups in total. The van der Waals surface area contributed by atoms with Gasteiger partial charge in [0.2, 0.25) is 0 Å². The SMILES string of the molecule is COc1ccccc1CCNC(=O)c1ccc(CN2CCN(Cc3ccccc3)CC2)cc1. The highest BCUT2D eigenvalue weighted by atomic mass is 16.5. The maximum atomic E-state index is 12.5. The molecule has 1 amide bonds. The van der Waals surface area contributed by atoms with Crippen molar-refractivity contribution in [2.75, 3.05) is 39.8 Å². The third-order valence-electron chi connectivity index (χ3n) is 6.21. The molecule has 3 aromatic rings. The van der Waals surface area contributed by atoms with Crippen LogP contribution in [0, 0.1) is 0 Å². The van der Waals surface area contributed by atoms with Gasteiger partial charge in [-0.3, -0.25) is 14.6 Å². The number of hydrogen-bond donors (Lipinski definition) is 1. The number of ether oxygens (including phenoxy) is 1. The van der Waals surface area contributed by atoms with E-state index in [-0.39, 0.29) is 5.91 Å². The first kappa shape index (κ1) is 23.0. The first-order valence-electron chi connectivity index (χ1n) is 11.7. The lowest BCUT2D eigenvalue weighted by Crippen LogP contribution is -2.45. The van der Waals surface area contributed by atoms with E-state index in [2.05, 4.69) is 57.6 Å². The Kier molecular flexibility index (Phi) is 8.12. The average Bonchev–Trinajstić information content (AvgIpc) is 2.86. The van der Waals surface area contributed by atoms with Crippen molar-refractivity contribution in [2.45, 2.75) is 19.5 Å². The van der Waals surface area contributed by atoms with Gasteiger partial charge in [-0.2, -0.15) is 0 Å². The summed E-state index contributed by atoms with van der Waals surface area (Å²) in [7, 11) is 1.67. The van der Waals surface area contributed by atoms with Gasteiger partial charge < -0.3 is 10.1 Å². The molecule has 0 atom stereocenters. The molecule has 0 spiro atoms. The summed E-state index contributed by atoms with van der Waals surface area (Å²) in [6.45, 7) is 6.83. The van der Waals surface area contributed by atoms with Gasteiger partial charge in [-0.05, 0) is 41.3 Å². The van der Waals surface area contributed by atoms with E-state index in [0.717, 1.165) is 57.0 Å². The highest BCUT2D eigenvalue weighted by molar-refractivity contribution is 5.94. The van der Waals surface area contributed by atoms with Gasteiger partial charge in [0, 0.05) is 51.4 Å². The lowest BCUT2D eigenvalue weighted by Gasteiger charge is -2.34. The molecule has 4 rings (SSSR count). The molecule has 1 fully saturated rings. The summed E-state index contributed by atoms with van der Waals surface area (Å²) in [5.74, 6) is 0.822. The monoisotopic (exact) mass is 443 g/mol. The lowest BCUT2D eigenvalue weighted by atomic mass is 10.1. The van der Waals surface area contributed by atoms with Gasteiger partial charge in [0.1, 0.15) is 5.75 Å². The largest absolute Gasteiger partial charge is 0.496 e. The molecule has 5 heteroatoms. The number of hydrogen-bond acceptors (Lipinski definition) is 4. The molecule has 3 aromatic carbocycles. The number of rotatable bonds is 9. The second-order valence-electron chi connectivity index (χ2n) is 8.55. The third kappa shape index (κ3) is 6.67. The molecule has 1 saturated heterocycles. The molecule has 5 nitrogen and oxygen atoms in total. The maximum Gasteiger partial charge on any atom is 0.251 e. The first-order valence-corrected chi connectivity index (χ1v) is 11.7. The predicted octanol–water partition coefficient (Wildman–Crippen LogP) is 3.99. The van der Waals surface area contributed by atoms with E-state index >= 15 is 0 Å². The standard InChI is InChI=1S/C28H33N3O2/c1-33-27-10-6-5-9-25(27)15-16-29-28(32)26-13-11-24(12-14-26)22-31-19-17-30(18-20-31)21-23-7-3-2-4-8-23/h2-14H,15-22H2,1H3,(H,29,32). The molecule has 33 heavy (non-hydrogen) atoms. The number of piperazine rings is 1. The average molecular weight is 444 g/mol. The molecule has 0 aliphatic carbocycles. The Morgan fingerprint density at radius 1 is 0.788 bits per heavy atom. The number of amides is 1. The second-order valence-corrected chi connectivity index (χ2v) is 8.55. The van der Waals surface area contributed by atoms with Crippen molar-refractivity contribution in [2.24, 2.45) is 0 Å². The summed E-state index contributed by atoms with van der Waals surface area (Å²) >= 11 is 0. The van der Waals surface area contributed by atoms with Gasteiger partial charge in [0.15, 0.2) is 0 Å². The smallest absolute Gasteiger partial charge is 0.251 e. The van der Waals surface area contributed by atoms with Crippen LogP contribution in [-0.2, 0) is 19.5 Å². The van der Waals surface area contributed by atoms with Crippen LogP contribution in [0.5, 0.6) is 5.75 Å². The molecule has 1 aliphatic heterocycles. The topological polar surface area (TPSA) is 44.8 Å². The minimum atomic E-state index is -0.0361. The van der Waals surface area contributed by atoms with Crippen molar-refractivity contribution in [3.05, 3.63) is 101 Å². The number of nitrogens with one attached hydrogen (secondary N) is 1. The van der Waals surface area contributed by atoms with Crippen molar-refractivity contribution in [3.63, 3.8) is 0 Å². The van der Waals surface area contributed by atoms with Gasteiger partial charge in [-0.25, -0.2) is 0 Å². The van der Waals surface area contributed by atoms with Crippen LogP contribution in [0.25, 0.3) is 0 Å². The minimum absolute atomic E-state index is 0.0361. The summed E-state index contributed by atoms with van der Waals surface area (Å²) < 4.78 is 5.38. The summed E-state index contributed by atoms with van der Waals surface area (Å²) in [6.07, 6.45) is 0.740. The second kappa shape index (κ2) is 11.6. The van der Waals surface area contributed by atoms with Gasteiger partial charge >= 0.3 is 0 Å². The van der Waals surface area contributed by atoms with E-state index in [4.69, 9.17) is 4.74 Å². The quantitative estimate of drug-likeness (QED) is 0.543. The first-order chi connectivity index (χ1) is 16.2. The Morgan fingerprint density at radius 2 is 1.36 bits per heavy atom. The fraction of sp³-hybridized carbons (Fsp3) is 0.321. The lowest BCUT2D eigenvalue weighted by molar-refractivity contribution is 0.0954. The molecule has 172 valence electrons. The van der Waals surface area contributed by atoms with Crippen LogP contribution in [0.1, 0.15) is 27.0 Å². The van der Waals surface area contributed by atoms with Crippen LogP contribution >= 0.6 is 0 Å². The van der Waals surface area contributed by atoms with Crippen molar-refractivity contribution in [3.8, 4) is 5.75 Å². The zero-order valence-corrected chi connectivity index (χ0v) is 19.4. The fourth-order valence-electron chi connectivity index (χ4n) is 4.29. The minimum Gasteiger partial charge on any atom is -0.496 e. The summed E-state index contributed by atoms with van der Waals surface area (Å²) in [4.78, 5) is 17.5. The van der Waals surface area contributed by atoms with Gasteiger partial charge in [0.25, 0.3) is 5.91 Å². The van der Waals surface area contributed by atoms with Gasteiger partial charge in [-0.15, -0.1) is 0 Å². The highest BCUT2D eigenvalue weighted by Crippen LogP contribution is 2.17. The fourth-order valence-corrected chi connectivity index (χ4v) is 4.29. The molecular weight excluding hydrogens is 410 g/mol. The molecule has 0 saturated carbocycles. The number of carbonyl (C=O) groups is 1. The molecule has 0 aromatic heterocycles. The van der Waals surface area contributed by atoms with Crippen molar-refractivity contribution >= 4 is 5.91 Å². The summed E-state index contributed by atoms with van der Waals surface area (Å²) in [5.41, 5.74) is 4.42. The summed E-state index contributed by atoms with van der Waals surface area (Å²) in [6, 6.07) is 26.6. The normalized spacial score (nSPS) is 14.7. The zero-order valence-electron chi connectivity index (χ0n) is 19.4. The molecule has 0 bridgehead atoms. The van der Waals surface area contributed by atoms with Crippen LogP contribution < -0.4 is 10.1 Å². The Bertz CT molecular complexity index is 1010. The number of para-hydroxylation sites is 1. The van der Waals surface area contributed by atoms with Crippen molar-refractivity contribution in [1.29, 1.82) is 0 Å². The molecule has 1 heterocycles. The van der Waals surface area contributed by atoms with Crippen molar-refractivity contribution < 1.29 is 9.53 Å². The highest BCUT2D eigenvalue weighted by Gasteiger charge is 2.17. The van der Waals surface area contributed by atoms with E-state index in [1.807, 2.05) is 36.4 Å². The van der Waals surface area contributed by atoms with Crippen LogP contribution in [0.4, 0.5) is 0 Å². The maximum absolute atomic E-state index is 12.5. The third-order valence-corrected chi connectivity index (χ3v) is 6.21. The molecule has 0 unspecified atom stereocenters. The van der Waals surface area contributed by atoms with E-state index in [0.29, 0.717) is 12.1 Å². The van der Waals surface area contributed by atoms with Crippen LogP contribution in [0.2, 0.25) is 0 Å². The van der Waals surface area contributed by atoms with Gasteiger partial charge in [-0.1, -0.05) is 60.7 Å². The molecule has 1 aliphatic rings. The predicted molar refractivity (Wildman–Crippen MR) is 132 cm³/mol. The summed E-state index contributed by atoms with van der Waals surface area (Å²) in [5, 5.41) is 3.01. The number of nitrogens with zero attached hydrogens (tertiary/aromatic N) is 2. The van der Waals surface area contributed by atoms with Crippen LogP contribution in [0.3, 0.4) is 0 Å². The van der Waals surface area contributed by atoms with E-state index in [1.54, 1.807) is 7.11 Å². The Balaban J connectivity index is 1.20. The molecular formula is C28H33N3O2. The van der Waals surface area contributed by atoms with Crippen molar-refractivity contribution in [1.82, 2.24) is 15.1 Å². The number of carbonyl (C=O) groups excluding carboxylic acids is 1. The molecule has 0 radical (unpaired) electrons. The number of benzene rings is 3. The van der Waals surface area contributed by atoms with Crippen LogP contribution in [0.15, 0.2) is 78.9 Å². The zero-order chi connectivity index (χ0) is 22.9. The number of methoxy groups -OCH3 is 1. The Morgan fingerprint density at radius 3 is 2.00 bits per heavy atom. The van der Waals surface area contributed by atoms with E-state index in [1.165, 1.54) is 11.1 Å². The Hall–Kier alpha value is -3.15.